The molecule has 1 heterocycles. The summed E-state index contributed by atoms with van der Waals surface area (Å²) in [4.78, 5) is 3.95. The standard InChI is InChI=1S/C12H10BrClN2O/c13-9-2-1-7(5-10(9)14)12(17)8-6-16-4-3-11(8)15/h1-6,12,17H,(H2,15,16). The normalized spacial score (nSPS) is 12.4. The highest BCUT2D eigenvalue weighted by molar-refractivity contribution is 9.10. The number of aliphatic hydroxyl groups excluding tert-OH is 1. The molecule has 0 aliphatic heterocycles. The molecule has 0 bridgehead atoms. The second kappa shape index (κ2) is 5.04. The molecule has 1 atom stereocenters. The molecule has 1 aromatic carbocycles. The third-order valence-electron chi connectivity index (χ3n) is 2.44. The lowest BCUT2D eigenvalue weighted by atomic mass is 10.0. The van der Waals surface area contributed by atoms with Crippen molar-refractivity contribution in [3.8, 4) is 0 Å². The van der Waals surface area contributed by atoms with E-state index in [-0.39, 0.29) is 0 Å². The second-order valence-electron chi connectivity index (χ2n) is 3.58. The number of aliphatic hydroxyl groups is 1. The molecule has 3 nitrogen and oxygen atoms in total. The molecule has 0 aliphatic rings. The smallest absolute Gasteiger partial charge is 0.108 e. The van der Waals surface area contributed by atoms with Crippen LogP contribution in [0.15, 0.2) is 41.1 Å². The first kappa shape index (κ1) is 12.4. The lowest BCUT2D eigenvalue weighted by Crippen LogP contribution is -2.04. The fourth-order valence-electron chi connectivity index (χ4n) is 1.51. The van der Waals surface area contributed by atoms with Gasteiger partial charge in [-0.05, 0) is 39.7 Å². The molecule has 0 saturated heterocycles. The van der Waals surface area contributed by atoms with Crippen molar-refractivity contribution in [3.05, 3.63) is 57.3 Å². The lowest BCUT2D eigenvalue weighted by molar-refractivity contribution is 0.220. The number of pyridine rings is 1. The molecule has 1 unspecified atom stereocenters. The van der Waals surface area contributed by atoms with Crippen molar-refractivity contribution in [1.29, 1.82) is 0 Å². The Balaban J connectivity index is 2.40. The quantitative estimate of drug-likeness (QED) is 0.895. The Labute approximate surface area is 112 Å². The first-order chi connectivity index (χ1) is 8.09. The Kier molecular flexibility index (Phi) is 3.66. The maximum absolute atomic E-state index is 10.2. The van der Waals surface area contributed by atoms with E-state index in [0.29, 0.717) is 21.8 Å². The van der Waals surface area contributed by atoms with Crippen LogP contribution in [0.2, 0.25) is 5.02 Å². The van der Waals surface area contributed by atoms with Crippen molar-refractivity contribution in [2.24, 2.45) is 0 Å². The number of nitrogens with zero attached hydrogens (tertiary/aromatic N) is 1. The summed E-state index contributed by atoms with van der Waals surface area (Å²) in [7, 11) is 0. The number of benzene rings is 1. The van der Waals surface area contributed by atoms with E-state index >= 15 is 0 Å². The van der Waals surface area contributed by atoms with E-state index < -0.39 is 6.10 Å². The van der Waals surface area contributed by atoms with E-state index in [4.69, 9.17) is 17.3 Å². The van der Waals surface area contributed by atoms with Crippen molar-refractivity contribution < 1.29 is 5.11 Å². The number of hydrogen-bond acceptors (Lipinski definition) is 3. The van der Waals surface area contributed by atoms with Crippen LogP contribution in [0.3, 0.4) is 0 Å². The van der Waals surface area contributed by atoms with Crippen LogP contribution in [0, 0.1) is 0 Å². The molecule has 5 heteroatoms. The van der Waals surface area contributed by atoms with Crippen molar-refractivity contribution in [1.82, 2.24) is 4.98 Å². The van der Waals surface area contributed by atoms with Gasteiger partial charge in [-0.2, -0.15) is 0 Å². The van der Waals surface area contributed by atoms with Gasteiger partial charge in [-0.15, -0.1) is 0 Å². The van der Waals surface area contributed by atoms with Gasteiger partial charge in [0.1, 0.15) is 6.10 Å². The molecule has 0 fully saturated rings. The molecule has 88 valence electrons. The minimum absolute atomic E-state index is 0.506. The highest BCUT2D eigenvalue weighted by Crippen LogP contribution is 2.30. The van der Waals surface area contributed by atoms with Gasteiger partial charge in [0.2, 0.25) is 0 Å². The predicted molar refractivity (Wildman–Crippen MR) is 71.9 cm³/mol. The summed E-state index contributed by atoms with van der Waals surface area (Å²) in [5, 5.41) is 10.7. The van der Waals surface area contributed by atoms with Gasteiger partial charge in [-0.1, -0.05) is 17.7 Å². The summed E-state index contributed by atoms with van der Waals surface area (Å²) in [6.07, 6.45) is 2.31. The zero-order chi connectivity index (χ0) is 12.4. The van der Waals surface area contributed by atoms with E-state index in [1.165, 1.54) is 0 Å². The monoisotopic (exact) mass is 312 g/mol. The number of aromatic nitrogens is 1. The van der Waals surface area contributed by atoms with E-state index in [1.54, 1.807) is 36.7 Å². The van der Waals surface area contributed by atoms with Crippen LogP contribution in [-0.2, 0) is 0 Å². The van der Waals surface area contributed by atoms with Crippen molar-refractivity contribution in [2.45, 2.75) is 6.10 Å². The fourth-order valence-corrected chi connectivity index (χ4v) is 1.94. The summed E-state index contributed by atoms with van der Waals surface area (Å²) < 4.78 is 0.786. The van der Waals surface area contributed by atoms with Crippen LogP contribution in [0.25, 0.3) is 0 Å². The molecule has 3 N–H and O–H groups in total. The number of hydrogen-bond donors (Lipinski definition) is 2. The van der Waals surface area contributed by atoms with E-state index in [1.807, 2.05) is 0 Å². The molecule has 0 saturated carbocycles. The van der Waals surface area contributed by atoms with Crippen LogP contribution in [-0.4, -0.2) is 10.1 Å². The summed E-state index contributed by atoms with van der Waals surface area (Å²) in [6, 6.07) is 6.92. The van der Waals surface area contributed by atoms with Crippen LogP contribution in [0.1, 0.15) is 17.2 Å². The zero-order valence-electron chi connectivity index (χ0n) is 8.77. The van der Waals surface area contributed by atoms with Crippen molar-refractivity contribution >= 4 is 33.2 Å². The first-order valence-electron chi connectivity index (χ1n) is 4.92. The molecule has 0 spiro atoms. The zero-order valence-corrected chi connectivity index (χ0v) is 11.1. The molecule has 0 amide bonds. The number of anilines is 1. The van der Waals surface area contributed by atoms with Crippen molar-refractivity contribution in [3.63, 3.8) is 0 Å². The molecule has 2 rings (SSSR count). The number of halogens is 2. The highest BCUT2D eigenvalue weighted by atomic mass is 79.9. The fraction of sp³-hybridized carbons (Fsp3) is 0.0833. The maximum atomic E-state index is 10.2. The molecular formula is C12H10BrClN2O. The number of nitrogen functional groups attached to an aromatic ring is 1. The highest BCUT2D eigenvalue weighted by Gasteiger charge is 2.14. The second-order valence-corrected chi connectivity index (χ2v) is 4.84. The SMILES string of the molecule is Nc1ccncc1C(O)c1ccc(Br)c(Cl)c1. The van der Waals surface area contributed by atoms with Crippen molar-refractivity contribution in [2.75, 3.05) is 5.73 Å². The van der Waals surface area contributed by atoms with E-state index in [0.717, 1.165) is 4.47 Å². The minimum Gasteiger partial charge on any atom is -0.398 e. The van der Waals surface area contributed by atoms with Gasteiger partial charge in [-0.25, -0.2) is 0 Å². The van der Waals surface area contributed by atoms with Crippen LogP contribution >= 0.6 is 27.5 Å². The summed E-state index contributed by atoms with van der Waals surface area (Å²) in [6.45, 7) is 0. The molecular weight excluding hydrogens is 304 g/mol. The maximum Gasteiger partial charge on any atom is 0.108 e. The van der Waals surface area contributed by atoms with Crippen LogP contribution in [0.5, 0.6) is 0 Å². The van der Waals surface area contributed by atoms with E-state index in [9.17, 15) is 5.11 Å². The first-order valence-corrected chi connectivity index (χ1v) is 6.09. The molecule has 17 heavy (non-hydrogen) atoms. The van der Waals surface area contributed by atoms with Gasteiger partial charge in [0.15, 0.2) is 0 Å². The van der Waals surface area contributed by atoms with E-state index in [2.05, 4.69) is 20.9 Å². The van der Waals surface area contributed by atoms with Gasteiger partial charge in [0, 0.05) is 28.1 Å². The lowest BCUT2D eigenvalue weighted by Gasteiger charge is -2.13. The Morgan fingerprint density at radius 2 is 2.12 bits per heavy atom. The van der Waals surface area contributed by atoms with Gasteiger partial charge in [0.05, 0.1) is 5.02 Å². The molecule has 1 aromatic heterocycles. The molecule has 0 aliphatic carbocycles. The van der Waals surface area contributed by atoms with Gasteiger partial charge < -0.3 is 10.8 Å². The van der Waals surface area contributed by atoms with Crippen LogP contribution < -0.4 is 5.73 Å². The van der Waals surface area contributed by atoms with Gasteiger partial charge >= 0.3 is 0 Å². The largest absolute Gasteiger partial charge is 0.398 e. The topological polar surface area (TPSA) is 59.1 Å². The number of nitrogens with two attached hydrogens (primary N) is 1. The average molecular weight is 314 g/mol. The third kappa shape index (κ3) is 2.60. The minimum atomic E-state index is -0.825. The average Bonchev–Trinajstić information content (AvgIpc) is 2.32. The Bertz CT molecular complexity index is 548. The summed E-state index contributed by atoms with van der Waals surface area (Å²) >= 11 is 9.28. The third-order valence-corrected chi connectivity index (χ3v) is 3.67. The van der Waals surface area contributed by atoms with Gasteiger partial charge in [0.25, 0.3) is 0 Å². The molecule has 0 radical (unpaired) electrons. The van der Waals surface area contributed by atoms with Gasteiger partial charge in [-0.3, -0.25) is 4.98 Å². The Hall–Kier alpha value is -1.10. The predicted octanol–water partition coefficient (Wildman–Crippen LogP) is 3.16. The number of rotatable bonds is 2. The summed E-state index contributed by atoms with van der Waals surface area (Å²) in [5.41, 5.74) is 7.54. The van der Waals surface area contributed by atoms with Crippen LogP contribution in [0.4, 0.5) is 5.69 Å². The molecule has 2 aromatic rings. The Morgan fingerprint density at radius 3 is 2.76 bits per heavy atom. The summed E-state index contributed by atoms with van der Waals surface area (Å²) in [5.74, 6) is 0. The Morgan fingerprint density at radius 1 is 1.35 bits per heavy atom.